The van der Waals surface area contributed by atoms with Gasteiger partial charge < -0.3 is 5.32 Å². The molecule has 0 saturated heterocycles. The van der Waals surface area contributed by atoms with Gasteiger partial charge in [-0.1, -0.05) is 17.7 Å². The first-order valence-electron chi connectivity index (χ1n) is 8.36. The van der Waals surface area contributed by atoms with E-state index < -0.39 is 17.7 Å². The zero-order valence-corrected chi connectivity index (χ0v) is 15.2. The van der Waals surface area contributed by atoms with E-state index in [0.29, 0.717) is 29.3 Å². The van der Waals surface area contributed by atoms with Gasteiger partial charge in [0, 0.05) is 29.3 Å². The third kappa shape index (κ3) is 6.15. The molecule has 0 spiro atoms. The summed E-state index contributed by atoms with van der Waals surface area (Å²) in [4.78, 5) is 46.8. The van der Waals surface area contributed by atoms with Gasteiger partial charge in [-0.05, 0) is 37.5 Å². The Bertz CT molecular complexity index is 780. The maximum Gasteiger partial charge on any atom is 0.330 e. The van der Waals surface area contributed by atoms with Crippen molar-refractivity contribution in [3.63, 3.8) is 0 Å². The number of hydrogen-bond donors (Lipinski definition) is 4. The van der Waals surface area contributed by atoms with Crippen molar-refractivity contribution < 1.29 is 19.2 Å². The minimum Gasteiger partial charge on any atom is -0.326 e. The number of hydrazone groups is 1. The predicted octanol–water partition coefficient (Wildman–Crippen LogP) is 0.890. The molecule has 0 unspecified atom stereocenters. The first-order valence-corrected chi connectivity index (χ1v) is 8.74. The SMILES string of the molecule is NNC(=O)C(=O)N/N=C1/CCC[C@H]1C(=O)CCC(=O)Nc1cccc(Cl)c1. The molecule has 2 rings (SSSR count). The van der Waals surface area contributed by atoms with Gasteiger partial charge in [-0.3, -0.25) is 24.6 Å². The fourth-order valence-electron chi connectivity index (χ4n) is 2.75. The van der Waals surface area contributed by atoms with E-state index in [1.807, 2.05) is 0 Å². The number of anilines is 1. The van der Waals surface area contributed by atoms with Gasteiger partial charge in [0.25, 0.3) is 0 Å². The van der Waals surface area contributed by atoms with E-state index in [1.165, 1.54) is 0 Å². The van der Waals surface area contributed by atoms with Crippen LogP contribution in [0.5, 0.6) is 0 Å². The first kappa shape index (κ1) is 20.5. The average molecular weight is 394 g/mol. The number of halogens is 1. The molecular formula is C17H20ClN5O4. The maximum absolute atomic E-state index is 12.4. The topological polar surface area (TPSA) is 143 Å². The monoisotopic (exact) mass is 393 g/mol. The number of nitrogens with zero attached hydrogens (tertiary/aromatic N) is 1. The lowest BCUT2D eigenvalue weighted by molar-refractivity contribution is -0.139. The van der Waals surface area contributed by atoms with E-state index in [9.17, 15) is 19.2 Å². The molecule has 9 nitrogen and oxygen atoms in total. The number of rotatable bonds is 6. The molecule has 0 aromatic heterocycles. The largest absolute Gasteiger partial charge is 0.330 e. The Hall–Kier alpha value is -2.78. The molecule has 1 saturated carbocycles. The normalized spacial score (nSPS) is 17.4. The lowest BCUT2D eigenvalue weighted by Gasteiger charge is -2.10. The second-order valence-corrected chi connectivity index (χ2v) is 6.42. The van der Waals surface area contributed by atoms with Crippen molar-refractivity contribution in [2.45, 2.75) is 32.1 Å². The molecule has 1 fully saturated rings. The standard InChI is InChI=1S/C17H20ClN5O4/c18-10-3-1-4-11(9-10)20-15(25)8-7-14(24)12-5-2-6-13(12)22-23-17(27)16(26)21-19/h1,3-4,9,12H,2,5-8,19H2,(H,20,25)(H,21,26)(H,23,27)/b22-13-/t12-/m1/s1. The zero-order valence-electron chi connectivity index (χ0n) is 14.5. The smallest absolute Gasteiger partial charge is 0.326 e. The van der Waals surface area contributed by atoms with E-state index in [2.05, 4.69) is 15.8 Å². The molecule has 3 amide bonds. The lowest BCUT2D eigenvalue weighted by Crippen LogP contribution is -2.41. The average Bonchev–Trinajstić information content (AvgIpc) is 3.12. The van der Waals surface area contributed by atoms with Crippen LogP contribution in [0.3, 0.4) is 0 Å². The van der Waals surface area contributed by atoms with Crippen molar-refractivity contribution in [1.82, 2.24) is 10.9 Å². The maximum atomic E-state index is 12.4. The Morgan fingerprint density at radius 1 is 1.19 bits per heavy atom. The number of carbonyl (C=O) groups is 4. The molecule has 1 aliphatic rings. The number of amides is 3. The van der Waals surface area contributed by atoms with Gasteiger partial charge in [-0.15, -0.1) is 0 Å². The molecular weight excluding hydrogens is 374 g/mol. The molecule has 0 bridgehead atoms. The predicted molar refractivity (Wildman–Crippen MR) is 99.6 cm³/mol. The molecule has 0 heterocycles. The number of carbonyl (C=O) groups excluding carboxylic acids is 4. The van der Waals surface area contributed by atoms with E-state index in [0.717, 1.165) is 6.42 Å². The molecule has 1 aromatic rings. The summed E-state index contributed by atoms with van der Waals surface area (Å²) in [5.41, 5.74) is 4.82. The Morgan fingerprint density at radius 2 is 1.96 bits per heavy atom. The van der Waals surface area contributed by atoms with Crippen LogP contribution >= 0.6 is 11.6 Å². The summed E-state index contributed by atoms with van der Waals surface area (Å²) in [5.74, 6) is 1.92. The van der Waals surface area contributed by atoms with Crippen LogP contribution in [0.2, 0.25) is 5.02 Å². The second kappa shape index (κ2) is 9.79. The minimum atomic E-state index is -1.03. The van der Waals surface area contributed by atoms with E-state index in [4.69, 9.17) is 17.4 Å². The van der Waals surface area contributed by atoms with Crippen LogP contribution in [0, 0.1) is 5.92 Å². The summed E-state index contributed by atoms with van der Waals surface area (Å²) in [7, 11) is 0. The van der Waals surface area contributed by atoms with Crippen LogP contribution in [-0.4, -0.2) is 29.2 Å². The molecule has 10 heteroatoms. The summed E-state index contributed by atoms with van der Waals surface area (Å²) < 4.78 is 0. The molecule has 144 valence electrons. The highest BCUT2D eigenvalue weighted by Crippen LogP contribution is 2.25. The van der Waals surface area contributed by atoms with Crippen LogP contribution in [0.15, 0.2) is 29.4 Å². The zero-order chi connectivity index (χ0) is 19.8. The van der Waals surface area contributed by atoms with Crippen molar-refractivity contribution in [2.24, 2.45) is 16.9 Å². The van der Waals surface area contributed by atoms with Crippen LogP contribution in [0.25, 0.3) is 0 Å². The third-order valence-corrected chi connectivity index (χ3v) is 4.30. The number of Topliss-reactive ketones (excluding diaryl/α,β-unsaturated/α-hetero) is 1. The third-order valence-electron chi connectivity index (χ3n) is 4.06. The minimum absolute atomic E-state index is 0.0249. The van der Waals surface area contributed by atoms with Gasteiger partial charge in [0.15, 0.2) is 0 Å². The van der Waals surface area contributed by atoms with Gasteiger partial charge in [0.1, 0.15) is 5.78 Å². The molecule has 1 atom stereocenters. The Kier molecular flexibility index (Phi) is 7.44. The van der Waals surface area contributed by atoms with Crippen molar-refractivity contribution in [2.75, 3.05) is 5.32 Å². The number of nitrogens with one attached hydrogen (secondary N) is 3. The summed E-state index contributed by atoms with van der Waals surface area (Å²) in [6.45, 7) is 0. The van der Waals surface area contributed by atoms with Gasteiger partial charge in [0.2, 0.25) is 5.91 Å². The number of hydrogen-bond acceptors (Lipinski definition) is 6. The first-order chi connectivity index (χ1) is 12.9. The molecule has 27 heavy (non-hydrogen) atoms. The Labute approximate surface area is 160 Å². The number of hydrazine groups is 1. The van der Waals surface area contributed by atoms with E-state index in [1.54, 1.807) is 29.7 Å². The fourth-order valence-corrected chi connectivity index (χ4v) is 2.94. The number of ketones is 1. The summed E-state index contributed by atoms with van der Waals surface area (Å²) in [6.07, 6.45) is 1.94. The Balaban J connectivity index is 1.86. The molecule has 1 aliphatic carbocycles. The van der Waals surface area contributed by atoms with Crippen LogP contribution in [0.4, 0.5) is 5.69 Å². The number of nitrogens with two attached hydrogens (primary N) is 1. The highest BCUT2D eigenvalue weighted by Gasteiger charge is 2.29. The summed E-state index contributed by atoms with van der Waals surface area (Å²) >= 11 is 5.86. The van der Waals surface area contributed by atoms with Gasteiger partial charge in [0.05, 0.1) is 5.92 Å². The Morgan fingerprint density at radius 3 is 2.67 bits per heavy atom. The van der Waals surface area contributed by atoms with Gasteiger partial charge >= 0.3 is 11.8 Å². The molecule has 0 radical (unpaired) electrons. The molecule has 0 aliphatic heterocycles. The molecule has 5 N–H and O–H groups in total. The summed E-state index contributed by atoms with van der Waals surface area (Å²) in [6, 6.07) is 6.72. The van der Waals surface area contributed by atoms with E-state index in [-0.39, 0.29) is 24.5 Å². The quantitative estimate of drug-likeness (QED) is 0.245. The van der Waals surface area contributed by atoms with Crippen molar-refractivity contribution in [3.05, 3.63) is 29.3 Å². The van der Waals surface area contributed by atoms with Crippen LogP contribution in [0.1, 0.15) is 32.1 Å². The van der Waals surface area contributed by atoms with E-state index >= 15 is 0 Å². The van der Waals surface area contributed by atoms with Gasteiger partial charge in [-0.25, -0.2) is 11.3 Å². The van der Waals surface area contributed by atoms with Crippen molar-refractivity contribution >= 4 is 46.5 Å². The highest BCUT2D eigenvalue weighted by molar-refractivity contribution is 6.35. The number of benzene rings is 1. The summed E-state index contributed by atoms with van der Waals surface area (Å²) in [5, 5.41) is 7.04. The highest BCUT2D eigenvalue weighted by atomic mass is 35.5. The fraction of sp³-hybridized carbons (Fsp3) is 0.353. The molecule has 1 aromatic carbocycles. The van der Waals surface area contributed by atoms with Gasteiger partial charge in [-0.2, -0.15) is 5.10 Å². The second-order valence-electron chi connectivity index (χ2n) is 5.99. The van der Waals surface area contributed by atoms with Crippen LogP contribution in [-0.2, 0) is 19.2 Å². The van der Waals surface area contributed by atoms with Crippen molar-refractivity contribution in [1.29, 1.82) is 0 Å². The lowest BCUT2D eigenvalue weighted by atomic mass is 9.97. The van der Waals surface area contributed by atoms with Crippen molar-refractivity contribution in [3.8, 4) is 0 Å². The van der Waals surface area contributed by atoms with Crippen LogP contribution < -0.4 is 22.0 Å².